The fourth-order valence-corrected chi connectivity index (χ4v) is 3.78. The third-order valence-electron chi connectivity index (χ3n) is 5.08. The minimum Gasteiger partial charge on any atom is -0.341 e. The van der Waals surface area contributed by atoms with Crippen molar-refractivity contribution in [3.63, 3.8) is 0 Å². The molecule has 0 aliphatic heterocycles. The molecule has 0 spiro atoms. The summed E-state index contributed by atoms with van der Waals surface area (Å²) in [5.74, 6) is -0.150. The molecule has 0 atom stereocenters. The Balaban J connectivity index is 1.76. The van der Waals surface area contributed by atoms with Gasteiger partial charge in [0.25, 0.3) is 0 Å². The SMILES string of the molecule is CN(C(=O)Cn1nc(C(F)(F)F)c2c1CCC2)C1CCCCC1. The Morgan fingerprint density at radius 1 is 1.22 bits per heavy atom. The molecule has 1 saturated carbocycles. The van der Waals surface area contributed by atoms with Gasteiger partial charge in [-0.3, -0.25) is 9.48 Å². The summed E-state index contributed by atoms with van der Waals surface area (Å²) in [7, 11) is 1.76. The lowest BCUT2D eigenvalue weighted by Crippen LogP contribution is -2.40. The van der Waals surface area contributed by atoms with E-state index in [9.17, 15) is 18.0 Å². The van der Waals surface area contributed by atoms with Gasteiger partial charge in [0, 0.05) is 24.3 Å². The maximum absolute atomic E-state index is 13.1. The number of hydrogen-bond donors (Lipinski definition) is 0. The summed E-state index contributed by atoms with van der Waals surface area (Å²) in [4.78, 5) is 14.2. The van der Waals surface area contributed by atoms with Crippen molar-refractivity contribution in [2.45, 2.75) is 70.1 Å². The highest BCUT2D eigenvalue weighted by molar-refractivity contribution is 5.76. The van der Waals surface area contributed by atoms with Crippen molar-refractivity contribution in [2.24, 2.45) is 0 Å². The van der Waals surface area contributed by atoms with Gasteiger partial charge in [-0.05, 0) is 32.1 Å². The van der Waals surface area contributed by atoms with Crippen molar-refractivity contribution in [1.29, 1.82) is 0 Å². The molecule has 2 aliphatic carbocycles. The lowest BCUT2D eigenvalue weighted by molar-refractivity contribution is -0.142. The topological polar surface area (TPSA) is 38.1 Å². The molecular weight excluding hydrogens is 307 g/mol. The van der Waals surface area contributed by atoms with E-state index in [1.54, 1.807) is 11.9 Å². The van der Waals surface area contributed by atoms with Crippen molar-refractivity contribution in [1.82, 2.24) is 14.7 Å². The van der Waals surface area contributed by atoms with Crippen molar-refractivity contribution in [2.75, 3.05) is 7.05 Å². The minimum absolute atomic E-state index is 0.0919. The van der Waals surface area contributed by atoms with Gasteiger partial charge in [0.05, 0.1) is 0 Å². The zero-order chi connectivity index (χ0) is 16.6. The smallest absolute Gasteiger partial charge is 0.341 e. The maximum Gasteiger partial charge on any atom is 0.435 e. The Bertz CT molecular complexity index is 588. The van der Waals surface area contributed by atoms with Crippen LogP contribution in [0.25, 0.3) is 0 Å². The summed E-state index contributed by atoms with van der Waals surface area (Å²) in [5.41, 5.74) is 0.0615. The largest absolute Gasteiger partial charge is 0.435 e. The van der Waals surface area contributed by atoms with E-state index in [4.69, 9.17) is 0 Å². The first kappa shape index (κ1) is 16.3. The molecule has 0 saturated heterocycles. The van der Waals surface area contributed by atoms with Crippen LogP contribution in [0.5, 0.6) is 0 Å². The van der Waals surface area contributed by atoms with Crippen LogP contribution in [0.1, 0.15) is 55.5 Å². The Morgan fingerprint density at radius 2 is 1.91 bits per heavy atom. The van der Waals surface area contributed by atoms with Crippen LogP contribution in [0, 0.1) is 0 Å². The van der Waals surface area contributed by atoms with Gasteiger partial charge in [-0.2, -0.15) is 18.3 Å². The van der Waals surface area contributed by atoms with Crippen molar-refractivity contribution < 1.29 is 18.0 Å². The van der Waals surface area contributed by atoms with E-state index >= 15 is 0 Å². The fraction of sp³-hybridized carbons (Fsp3) is 0.750. The van der Waals surface area contributed by atoms with Crippen LogP contribution in [0.15, 0.2) is 0 Å². The number of halogens is 3. The summed E-state index contributed by atoms with van der Waals surface area (Å²) in [6, 6.07) is 0.210. The lowest BCUT2D eigenvalue weighted by atomic mass is 9.94. The zero-order valence-electron chi connectivity index (χ0n) is 13.3. The number of aromatic nitrogens is 2. The highest BCUT2D eigenvalue weighted by Crippen LogP contribution is 2.36. The summed E-state index contributed by atoms with van der Waals surface area (Å²) in [6.07, 6.45) is 2.59. The second-order valence-corrected chi connectivity index (χ2v) is 6.58. The van der Waals surface area contributed by atoms with Crippen LogP contribution < -0.4 is 0 Å². The number of nitrogens with zero attached hydrogens (tertiary/aromatic N) is 3. The molecule has 1 fully saturated rings. The summed E-state index contributed by atoms with van der Waals surface area (Å²) >= 11 is 0. The number of carbonyl (C=O) groups excluding carboxylic acids is 1. The van der Waals surface area contributed by atoms with Gasteiger partial charge in [0.2, 0.25) is 5.91 Å². The van der Waals surface area contributed by atoms with Crippen molar-refractivity contribution in [3.05, 3.63) is 17.0 Å². The number of rotatable bonds is 3. The minimum atomic E-state index is -4.45. The number of likely N-dealkylation sites (N-methyl/N-ethyl adjacent to an activating group) is 1. The molecule has 7 heteroatoms. The van der Waals surface area contributed by atoms with Crippen LogP contribution in [-0.4, -0.2) is 33.7 Å². The molecular formula is C16H22F3N3O. The van der Waals surface area contributed by atoms with Gasteiger partial charge >= 0.3 is 6.18 Å². The van der Waals surface area contributed by atoms with Gasteiger partial charge < -0.3 is 4.90 Å². The molecule has 1 aromatic heterocycles. The van der Waals surface area contributed by atoms with Crippen LogP contribution in [0.3, 0.4) is 0 Å². The molecule has 1 heterocycles. The second kappa shape index (κ2) is 6.17. The first-order valence-electron chi connectivity index (χ1n) is 8.29. The molecule has 0 radical (unpaired) electrons. The third kappa shape index (κ3) is 3.23. The molecule has 0 unspecified atom stereocenters. The van der Waals surface area contributed by atoms with Crippen molar-refractivity contribution >= 4 is 5.91 Å². The van der Waals surface area contributed by atoms with E-state index in [1.807, 2.05) is 0 Å². The quantitative estimate of drug-likeness (QED) is 0.854. The molecule has 2 aliphatic rings. The predicted molar refractivity (Wildman–Crippen MR) is 78.9 cm³/mol. The van der Waals surface area contributed by atoms with Gasteiger partial charge in [0.1, 0.15) is 6.54 Å². The van der Waals surface area contributed by atoms with Crippen LogP contribution >= 0.6 is 0 Å². The van der Waals surface area contributed by atoms with Gasteiger partial charge in [-0.1, -0.05) is 19.3 Å². The first-order chi connectivity index (χ1) is 10.9. The average Bonchev–Trinajstić information content (AvgIpc) is 3.10. The Labute approximate surface area is 133 Å². The van der Waals surface area contributed by atoms with E-state index < -0.39 is 11.9 Å². The molecule has 0 aromatic carbocycles. The summed E-state index contributed by atoms with van der Waals surface area (Å²) in [5, 5.41) is 3.71. The highest BCUT2D eigenvalue weighted by atomic mass is 19.4. The monoisotopic (exact) mass is 329 g/mol. The average molecular weight is 329 g/mol. The number of alkyl halides is 3. The van der Waals surface area contributed by atoms with E-state index in [2.05, 4.69) is 5.10 Å². The second-order valence-electron chi connectivity index (χ2n) is 6.58. The highest BCUT2D eigenvalue weighted by Gasteiger charge is 2.40. The molecule has 0 bridgehead atoms. The number of hydrogen-bond acceptors (Lipinski definition) is 2. The molecule has 23 heavy (non-hydrogen) atoms. The maximum atomic E-state index is 13.1. The molecule has 1 aromatic rings. The number of carbonyl (C=O) groups is 1. The predicted octanol–water partition coefficient (Wildman–Crippen LogP) is 3.18. The normalized spacial score (nSPS) is 19.0. The van der Waals surface area contributed by atoms with Gasteiger partial charge in [0.15, 0.2) is 5.69 Å². The van der Waals surface area contributed by atoms with Crippen molar-refractivity contribution in [3.8, 4) is 0 Å². The van der Waals surface area contributed by atoms with E-state index in [0.717, 1.165) is 25.7 Å². The van der Waals surface area contributed by atoms with Crippen LogP contribution in [-0.2, 0) is 30.4 Å². The molecule has 4 nitrogen and oxygen atoms in total. The molecule has 1 amide bonds. The number of amides is 1. The van der Waals surface area contributed by atoms with Crippen LogP contribution in [0.4, 0.5) is 13.2 Å². The Hall–Kier alpha value is -1.53. The molecule has 3 rings (SSSR count). The zero-order valence-corrected chi connectivity index (χ0v) is 13.3. The summed E-state index contributed by atoms with van der Waals surface area (Å²) < 4.78 is 40.5. The first-order valence-corrected chi connectivity index (χ1v) is 8.29. The van der Waals surface area contributed by atoms with Gasteiger partial charge in [-0.25, -0.2) is 0 Å². The van der Waals surface area contributed by atoms with E-state index in [0.29, 0.717) is 25.0 Å². The lowest BCUT2D eigenvalue weighted by Gasteiger charge is -2.31. The molecule has 128 valence electrons. The summed E-state index contributed by atoms with van der Waals surface area (Å²) in [6.45, 7) is -0.0919. The standard InChI is InChI=1S/C16H22F3N3O/c1-21(11-6-3-2-4-7-11)14(23)10-22-13-9-5-8-12(13)15(20-22)16(17,18)19/h11H,2-10H2,1H3. The Kier molecular flexibility index (Phi) is 4.38. The van der Waals surface area contributed by atoms with Gasteiger partial charge in [-0.15, -0.1) is 0 Å². The van der Waals surface area contributed by atoms with E-state index in [1.165, 1.54) is 11.1 Å². The van der Waals surface area contributed by atoms with E-state index in [-0.39, 0.29) is 24.1 Å². The molecule has 0 N–H and O–H groups in total. The fourth-order valence-electron chi connectivity index (χ4n) is 3.78. The Morgan fingerprint density at radius 3 is 2.57 bits per heavy atom. The third-order valence-corrected chi connectivity index (χ3v) is 5.08. The van der Waals surface area contributed by atoms with Crippen LogP contribution in [0.2, 0.25) is 0 Å². The number of fused-ring (bicyclic) bond motifs is 1.